The average molecular weight is 305 g/mol. The van der Waals surface area contributed by atoms with E-state index in [4.69, 9.17) is 9.84 Å². The number of carbonyl (C=O) groups is 2. The lowest BCUT2D eigenvalue weighted by atomic mass is 9.98. The van der Waals surface area contributed by atoms with E-state index in [1.807, 2.05) is 32.0 Å². The molecule has 1 aliphatic heterocycles. The molecule has 0 bridgehead atoms. The standard InChI is InChI=1S/C17H23NO4/c1-12-5-3-7-15(13(12)2)22-10-8-16(19)18-9-4-6-14(11-18)17(20)21/h3,5,7,14H,4,6,8-11H2,1-2H3,(H,20,21). The van der Waals surface area contributed by atoms with Crippen LogP contribution < -0.4 is 4.74 Å². The predicted molar refractivity (Wildman–Crippen MR) is 83.0 cm³/mol. The lowest BCUT2D eigenvalue weighted by molar-refractivity contribution is -0.145. The number of nitrogens with zero attached hydrogens (tertiary/aromatic N) is 1. The lowest BCUT2D eigenvalue weighted by Gasteiger charge is -2.30. The topological polar surface area (TPSA) is 66.8 Å². The van der Waals surface area contributed by atoms with E-state index in [0.717, 1.165) is 23.3 Å². The van der Waals surface area contributed by atoms with Crippen LogP contribution >= 0.6 is 0 Å². The Hall–Kier alpha value is -2.04. The van der Waals surface area contributed by atoms with E-state index in [1.165, 1.54) is 0 Å². The van der Waals surface area contributed by atoms with Crippen molar-refractivity contribution < 1.29 is 19.4 Å². The van der Waals surface area contributed by atoms with Crippen molar-refractivity contribution in [3.63, 3.8) is 0 Å². The number of carboxylic acid groups (broad SMARTS) is 1. The van der Waals surface area contributed by atoms with Gasteiger partial charge in [0.2, 0.25) is 5.91 Å². The van der Waals surface area contributed by atoms with Crippen LogP contribution in [0.25, 0.3) is 0 Å². The van der Waals surface area contributed by atoms with Gasteiger partial charge in [0, 0.05) is 13.1 Å². The molecule has 2 rings (SSSR count). The average Bonchev–Trinajstić information content (AvgIpc) is 2.51. The largest absolute Gasteiger partial charge is 0.493 e. The van der Waals surface area contributed by atoms with Gasteiger partial charge in [-0.25, -0.2) is 0 Å². The first-order valence-electron chi connectivity index (χ1n) is 7.68. The molecule has 1 fully saturated rings. The molecule has 120 valence electrons. The summed E-state index contributed by atoms with van der Waals surface area (Å²) in [6.07, 6.45) is 1.68. The molecule has 5 nitrogen and oxygen atoms in total. The monoisotopic (exact) mass is 305 g/mol. The molecule has 0 aromatic heterocycles. The Morgan fingerprint density at radius 3 is 2.86 bits per heavy atom. The van der Waals surface area contributed by atoms with Crippen molar-refractivity contribution in [2.75, 3.05) is 19.7 Å². The molecule has 1 saturated heterocycles. The maximum atomic E-state index is 12.2. The zero-order chi connectivity index (χ0) is 16.1. The van der Waals surface area contributed by atoms with Crippen molar-refractivity contribution in [1.29, 1.82) is 0 Å². The second-order valence-corrected chi connectivity index (χ2v) is 5.81. The number of benzene rings is 1. The highest BCUT2D eigenvalue weighted by molar-refractivity contribution is 5.78. The number of ether oxygens (including phenoxy) is 1. The third-order valence-corrected chi connectivity index (χ3v) is 4.25. The Bertz CT molecular complexity index is 556. The number of rotatable bonds is 5. The van der Waals surface area contributed by atoms with E-state index < -0.39 is 11.9 Å². The number of hydrogen-bond acceptors (Lipinski definition) is 3. The quantitative estimate of drug-likeness (QED) is 0.907. The van der Waals surface area contributed by atoms with Crippen molar-refractivity contribution in [3.05, 3.63) is 29.3 Å². The molecule has 1 unspecified atom stereocenters. The minimum absolute atomic E-state index is 0.0312. The Balaban J connectivity index is 1.82. The van der Waals surface area contributed by atoms with Gasteiger partial charge in [0.25, 0.3) is 0 Å². The Morgan fingerprint density at radius 1 is 1.36 bits per heavy atom. The van der Waals surface area contributed by atoms with Crippen LogP contribution in [0, 0.1) is 19.8 Å². The minimum atomic E-state index is -0.816. The van der Waals surface area contributed by atoms with Crippen LogP contribution in [-0.2, 0) is 9.59 Å². The summed E-state index contributed by atoms with van der Waals surface area (Å²) >= 11 is 0. The number of likely N-dealkylation sites (tertiary alicyclic amines) is 1. The molecule has 1 atom stereocenters. The second kappa shape index (κ2) is 7.29. The van der Waals surface area contributed by atoms with Crippen LogP contribution in [0.1, 0.15) is 30.4 Å². The molecule has 22 heavy (non-hydrogen) atoms. The van der Waals surface area contributed by atoms with Crippen LogP contribution in [0.15, 0.2) is 18.2 Å². The van der Waals surface area contributed by atoms with Crippen LogP contribution in [-0.4, -0.2) is 41.6 Å². The highest BCUT2D eigenvalue weighted by atomic mass is 16.5. The third-order valence-electron chi connectivity index (χ3n) is 4.25. The van der Waals surface area contributed by atoms with Crippen LogP contribution in [0.5, 0.6) is 5.75 Å². The molecule has 1 N–H and O–H groups in total. The first-order chi connectivity index (χ1) is 10.5. The molecule has 0 radical (unpaired) electrons. The maximum absolute atomic E-state index is 12.2. The van der Waals surface area contributed by atoms with Gasteiger partial charge in [0.15, 0.2) is 0 Å². The van der Waals surface area contributed by atoms with Gasteiger partial charge in [-0.15, -0.1) is 0 Å². The molecular weight excluding hydrogens is 282 g/mol. The number of hydrogen-bond donors (Lipinski definition) is 1. The summed E-state index contributed by atoms with van der Waals surface area (Å²) in [5, 5.41) is 9.06. The summed E-state index contributed by atoms with van der Waals surface area (Å²) in [4.78, 5) is 24.8. The molecule has 0 saturated carbocycles. The number of carboxylic acids is 1. The molecule has 0 spiro atoms. The van der Waals surface area contributed by atoms with Gasteiger partial charge in [-0.05, 0) is 43.9 Å². The number of aliphatic carboxylic acids is 1. The van der Waals surface area contributed by atoms with E-state index in [-0.39, 0.29) is 12.3 Å². The van der Waals surface area contributed by atoms with Crippen LogP contribution in [0.4, 0.5) is 0 Å². The van der Waals surface area contributed by atoms with Gasteiger partial charge >= 0.3 is 5.97 Å². The van der Waals surface area contributed by atoms with Crippen molar-refractivity contribution >= 4 is 11.9 Å². The van der Waals surface area contributed by atoms with Gasteiger partial charge in [0.1, 0.15) is 5.75 Å². The van der Waals surface area contributed by atoms with Crippen molar-refractivity contribution in [2.45, 2.75) is 33.1 Å². The molecular formula is C17H23NO4. The fourth-order valence-electron chi connectivity index (χ4n) is 2.69. The smallest absolute Gasteiger partial charge is 0.308 e. The molecule has 5 heteroatoms. The Morgan fingerprint density at radius 2 is 2.14 bits per heavy atom. The number of piperidine rings is 1. The van der Waals surface area contributed by atoms with Crippen LogP contribution in [0.3, 0.4) is 0 Å². The fourth-order valence-corrected chi connectivity index (χ4v) is 2.69. The first-order valence-corrected chi connectivity index (χ1v) is 7.68. The summed E-state index contributed by atoms with van der Waals surface area (Å²) < 4.78 is 5.69. The molecule has 1 heterocycles. The number of amides is 1. The van der Waals surface area contributed by atoms with E-state index in [0.29, 0.717) is 26.1 Å². The van der Waals surface area contributed by atoms with Gasteiger partial charge in [-0.1, -0.05) is 12.1 Å². The van der Waals surface area contributed by atoms with Crippen molar-refractivity contribution in [2.24, 2.45) is 5.92 Å². The van der Waals surface area contributed by atoms with Gasteiger partial charge in [-0.3, -0.25) is 9.59 Å². The Labute approximate surface area is 130 Å². The summed E-state index contributed by atoms with van der Waals surface area (Å²) in [5.74, 6) is -0.479. The number of carbonyl (C=O) groups excluding carboxylic acids is 1. The van der Waals surface area contributed by atoms with Gasteiger partial charge in [0.05, 0.1) is 18.9 Å². The zero-order valence-electron chi connectivity index (χ0n) is 13.2. The molecule has 1 aliphatic rings. The zero-order valence-corrected chi connectivity index (χ0v) is 13.2. The minimum Gasteiger partial charge on any atom is -0.493 e. The van der Waals surface area contributed by atoms with Gasteiger partial charge in [-0.2, -0.15) is 0 Å². The van der Waals surface area contributed by atoms with E-state index in [9.17, 15) is 9.59 Å². The summed E-state index contributed by atoms with van der Waals surface area (Å²) in [6.45, 7) is 5.29. The highest BCUT2D eigenvalue weighted by Gasteiger charge is 2.27. The predicted octanol–water partition coefficient (Wildman–Crippen LogP) is 2.40. The van der Waals surface area contributed by atoms with Crippen LogP contribution in [0.2, 0.25) is 0 Å². The van der Waals surface area contributed by atoms with E-state index >= 15 is 0 Å². The second-order valence-electron chi connectivity index (χ2n) is 5.81. The first kappa shape index (κ1) is 16.3. The normalized spacial score (nSPS) is 18.1. The fraction of sp³-hybridized carbons (Fsp3) is 0.529. The van der Waals surface area contributed by atoms with E-state index in [2.05, 4.69) is 0 Å². The van der Waals surface area contributed by atoms with Crippen molar-refractivity contribution in [3.8, 4) is 5.75 Å². The van der Waals surface area contributed by atoms with Crippen molar-refractivity contribution in [1.82, 2.24) is 4.90 Å². The van der Waals surface area contributed by atoms with Gasteiger partial charge < -0.3 is 14.7 Å². The molecule has 0 aliphatic carbocycles. The maximum Gasteiger partial charge on any atom is 0.308 e. The summed E-state index contributed by atoms with van der Waals surface area (Å²) in [6, 6.07) is 5.85. The highest BCUT2D eigenvalue weighted by Crippen LogP contribution is 2.21. The van der Waals surface area contributed by atoms with E-state index in [1.54, 1.807) is 4.90 Å². The molecule has 1 aromatic rings. The summed E-state index contributed by atoms with van der Waals surface area (Å²) in [7, 11) is 0. The molecule has 1 amide bonds. The summed E-state index contributed by atoms with van der Waals surface area (Å²) in [5.41, 5.74) is 2.24. The molecule has 1 aromatic carbocycles. The SMILES string of the molecule is Cc1cccc(OCCC(=O)N2CCCC(C(=O)O)C2)c1C. The lowest BCUT2D eigenvalue weighted by Crippen LogP contribution is -2.42. The third kappa shape index (κ3) is 4.00. The number of aryl methyl sites for hydroxylation is 1. The Kier molecular flexibility index (Phi) is 5.41.